The molecule has 6 nitrogen and oxygen atoms in total. The van der Waals surface area contributed by atoms with Crippen LogP contribution in [0, 0.1) is 5.92 Å². The zero-order valence-corrected chi connectivity index (χ0v) is 11.4. The monoisotopic (exact) mass is 239 g/mol. The molecule has 0 aliphatic carbocycles. The van der Waals surface area contributed by atoms with Crippen LogP contribution >= 0.6 is 0 Å². The lowest BCUT2D eigenvalue weighted by Crippen LogP contribution is -2.34. The van der Waals surface area contributed by atoms with Crippen molar-refractivity contribution in [1.29, 1.82) is 0 Å². The highest BCUT2D eigenvalue weighted by atomic mass is 16.5. The molecule has 1 aromatic rings. The zero-order valence-electron chi connectivity index (χ0n) is 11.4. The smallest absolute Gasteiger partial charge is 0.322 e. The fourth-order valence-electron chi connectivity index (χ4n) is 1.34. The van der Waals surface area contributed by atoms with E-state index in [2.05, 4.69) is 41.0 Å². The maximum Gasteiger partial charge on any atom is 0.322 e. The molecule has 0 saturated heterocycles. The summed E-state index contributed by atoms with van der Waals surface area (Å²) in [7, 11) is 5.29. The van der Waals surface area contributed by atoms with Crippen LogP contribution in [0.15, 0.2) is 0 Å². The van der Waals surface area contributed by atoms with Crippen LogP contribution in [0.5, 0.6) is 6.01 Å². The predicted octanol–water partition coefficient (Wildman–Crippen LogP) is 1.40. The zero-order chi connectivity index (χ0) is 13.0. The molecular formula is C11H21N5O. The topological polar surface area (TPSA) is 63.2 Å². The third-order valence-corrected chi connectivity index (χ3v) is 2.90. The van der Waals surface area contributed by atoms with E-state index in [4.69, 9.17) is 4.74 Å². The number of nitrogens with one attached hydrogen (secondary N) is 1. The van der Waals surface area contributed by atoms with Crippen molar-refractivity contribution in [2.45, 2.75) is 26.8 Å². The van der Waals surface area contributed by atoms with Crippen molar-refractivity contribution in [3.63, 3.8) is 0 Å². The van der Waals surface area contributed by atoms with Crippen molar-refractivity contribution < 1.29 is 4.74 Å². The molecule has 1 atom stereocenters. The largest absolute Gasteiger partial charge is 0.467 e. The molecule has 1 unspecified atom stereocenters. The molecule has 96 valence electrons. The first-order chi connectivity index (χ1) is 7.99. The van der Waals surface area contributed by atoms with E-state index in [-0.39, 0.29) is 0 Å². The molecule has 0 radical (unpaired) electrons. The van der Waals surface area contributed by atoms with Gasteiger partial charge in [-0.1, -0.05) is 13.8 Å². The summed E-state index contributed by atoms with van der Waals surface area (Å²) < 4.78 is 5.06. The van der Waals surface area contributed by atoms with Gasteiger partial charge in [-0.3, -0.25) is 0 Å². The summed E-state index contributed by atoms with van der Waals surface area (Å²) in [6.45, 7) is 6.47. The second-order valence-electron chi connectivity index (χ2n) is 4.29. The summed E-state index contributed by atoms with van der Waals surface area (Å²) in [6, 6.07) is 0.661. The highest BCUT2D eigenvalue weighted by molar-refractivity contribution is 5.38. The molecule has 1 N–H and O–H groups in total. The van der Waals surface area contributed by atoms with Gasteiger partial charge in [0, 0.05) is 20.1 Å². The van der Waals surface area contributed by atoms with E-state index in [1.165, 1.54) is 0 Å². The van der Waals surface area contributed by atoms with Crippen LogP contribution in [0.3, 0.4) is 0 Å². The number of nitrogens with zero attached hydrogens (tertiary/aromatic N) is 4. The van der Waals surface area contributed by atoms with Gasteiger partial charge in [0.15, 0.2) is 0 Å². The first-order valence-corrected chi connectivity index (χ1v) is 5.70. The van der Waals surface area contributed by atoms with Crippen LogP contribution in [-0.2, 0) is 0 Å². The van der Waals surface area contributed by atoms with Gasteiger partial charge in [0.05, 0.1) is 7.11 Å². The Hall–Kier alpha value is -1.59. The number of ether oxygens (including phenoxy) is 1. The number of aromatic nitrogens is 3. The minimum Gasteiger partial charge on any atom is -0.467 e. The lowest BCUT2D eigenvalue weighted by atomic mass is 10.1. The van der Waals surface area contributed by atoms with Crippen molar-refractivity contribution in [1.82, 2.24) is 15.0 Å². The van der Waals surface area contributed by atoms with E-state index in [0.717, 1.165) is 0 Å². The van der Waals surface area contributed by atoms with Crippen molar-refractivity contribution >= 4 is 11.9 Å². The van der Waals surface area contributed by atoms with E-state index >= 15 is 0 Å². The van der Waals surface area contributed by atoms with E-state index in [1.807, 2.05) is 11.9 Å². The summed E-state index contributed by atoms with van der Waals surface area (Å²) in [6.07, 6.45) is 0. The second kappa shape index (κ2) is 5.65. The highest BCUT2D eigenvalue weighted by Crippen LogP contribution is 2.18. The Labute approximate surface area is 102 Å². The van der Waals surface area contributed by atoms with Gasteiger partial charge in [-0.15, -0.1) is 0 Å². The molecule has 6 heteroatoms. The molecule has 0 aliphatic heterocycles. The molecule has 1 aromatic heterocycles. The molecule has 1 heterocycles. The van der Waals surface area contributed by atoms with Gasteiger partial charge in [-0.05, 0) is 12.8 Å². The highest BCUT2D eigenvalue weighted by Gasteiger charge is 2.17. The fourth-order valence-corrected chi connectivity index (χ4v) is 1.34. The molecule has 0 fully saturated rings. The second-order valence-corrected chi connectivity index (χ2v) is 4.29. The number of hydrogen-bond acceptors (Lipinski definition) is 6. The normalized spacial score (nSPS) is 12.4. The van der Waals surface area contributed by atoms with Crippen LogP contribution < -0.4 is 15.0 Å². The van der Waals surface area contributed by atoms with Gasteiger partial charge in [-0.2, -0.15) is 15.0 Å². The number of methoxy groups -OCH3 is 1. The Morgan fingerprint density at radius 1 is 1.18 bits per heavy atom. The molecule has 0 amide bonds. The third kappa shape index (κ3) is 3.18. The van der Waals surface area contributed by atoms with Gasteiger partial charge in [0.25, 0.3) is 0 Å². The molecule has 0 spiro atoms. The standard InChI is InChI=1S/C11H21N5O/c1-7(2)8(3)16(5)10-13-9(12-4)14-11(15-10)17-6/h7-8H,1-6H3,(H,12,13,14,15). The van der Waals surface area contributed by atoms with Crippen molar-refractivity contribution in [2.75, 3.05) is 31.4 Å². The average molecular weight is 239 g/mol. The van der Waals surface area contributed by atoms with Crippen LogP contribution in [0.2, 0.25) is 0 Å². The van der Waals surface area contributed by atoms with Gasteiger partial charge in [0.2, 0.25) is 11.9 Å². The van der Waals surface area contributed by atoms with Crippen molar-refractivity contribution in [3.8, 4) is 6.01 Å². The van der Waals surface area contributed by atoms with Crippen LogP contribution in [0.1, 0.15) is 20.8 Å². The summed E-state index contributed by atoms with van der Waals surface area (Å²) in [5.74, 6) is 1.64. The van der Waals surface area contributed by atoms with Gasteiger partial charge in [-0.25, -0.2) is 0 Å². The molecule has 0 aromatic carbocycles. The Morgan fingerprint density at radius 2 is 1.82 bits per heavy atom. The lowest BCUT2D eigenvalue weighted by Gasteiger charge is -2.28. The van der Waals surface area contributed by atoms with Crippen molar-refractivity contribution in [3.05, 3.63) is 0 Å². The quantitative estimate of drug-likeness (QED) is 0.838. The van der Waals surface area contributed by atoms with Crippen molar-refractivity contribution in [2.24, 2.45) is 5.92 Å². The Kier molecular flexibility index (Phi) is 4.48. The van der Waals surface area contributed by atoms with E-state index < -0.39 is 0 Å². The van der Waals surface area contributed by atoms with E-state index in [9.17, 15) is 0 Å². The maximum absolute atomic E-state index is 5.06. The first-order valence-electron chi connectivity index (χ1n) is 5.70. The van der Waals surface area contributed by atoms with Gasteiger partial charge < -0.3 is 15.0 Å². The van der Waals surface area contributed by atoms with E-state index in [1.54, 1.807) is 14.2 Å². The first kappa shape index (κ1) is 13.5. The predicted molar refractivity (Wildman–Crippen MR) is 68.6 cm³/mol. The summed E-state index contributed by atoms with van der Waals surface area (Å²) in [5.41, 5.74) is 0. The summed E-state index contributed by atoms with van der Waals surface area (Å²) >= 11 is 0. The van der Waals surface area contributed by atoms with Gasteiger partial charge >= 0.3 is 6.01 Å². The Morgan fingerprint density at radius 3 is 2.29 bits per heavy atom. The Balaban J connectivity index is 3.03. The fraction of sp³-hybridized carbons (Fsp3) is 0.727. The molecular weight excluding hydrogens is 218 g/mol. The number of anilines is 2. The minimum absolute atomic E-state index is 0.321. The maximum atomic E-state index is 5.06. The Bertz CT molecular complexity index is 347. The number of rotatable bonds is 5. The molecule has 1 rings (SSSR count). The molecule has 17 heavy (non-hydrogen) atoms. The lowest BCUT2D eigenvalue weighted by molar-refractivity contribution is 0.377. The molecule has 0 aliphatic rings. The third-order valence-electron chi connectivity index (χ3n) is 2.90. The summed E-state index contributed by atoms with van der Waals surface area (Å²) in [4.78, 5) is 14.7. The van der Waals surface area contributed by atoms with Gasteiger partial charge in [0.1, 0.15) is 0 Å². The minimum atomic E-state index is 0.321. The average Bonchev–Trinajstić information content (AvgIpc) is 2.35. The number of hydrogen-bond donors (Lipinski definition) is 1. The van der Waals surface area contributed by atoms with Crippen LogP contribution in [0.25, 0.3) is 0 Å². The SMILES string of the molecule is CNc1nc(OC)nc(N(C)C(C)C(C)C)n1. The summed E-state index contributed by atoms with van der Waals surface area (Å²) in [5, 5.41) is 2.90. The molecule has 0 bridgehead atoms. The van der Waals surface area contributed by atoms with Crippen LogP contribution in [-0.4, -0.2) is 42.2 Å². The molecule has 0 saturated carbocycles. The van der Waals surface area contributed by atoms with Crippen LogP contribution in [0.4, 0.5) is 11.9 Å². The van der Waals surface area contributed by atoms with E-state index in [0.29, 0.717) is 29.9 Å².